The molecule has 1 heterocycles. The SMILES string of the molecule is CN(CCCN)C(=O)Cc1ccsc1. The third-order valence-electron chi connectivity index (χ3n) is 2.06. The van der Waals surface area contributed by atoms with Gasteiger partial charge in [-0.2, -0.15) is 11.3 Å². The van der Waals surface area contributed by atoms with Gasteiger partial charge in [0.25, 0.3) is 0 Å². The van der Waals surface area contributed by atoms with E-state index in [-0.39, 0.29) is 5.91 Å². The standard InChI is InChI=1S/C10H16N2OS/c1-12(5-2-4-11)10(13)7-9-3-6-14-8-9/h3,6,8H,2,4-5,7,11H2,1H3. The second kappa shape index (κ2) is 5.78. The van der Waals surface area contributed by atoms with E-state index in [4.69, 9.17) is 5.73 Å². The van der Waals surface area contributed by atoms with Crippen LogP contribution in [0.4, 0.5) is 0 Å². The van der Waals surface area contributed by atoms with E-state index >= 15 is 0 Å². The summed E-state index contributed by atoms with van der Waals surface area (Å²) in [7, 11) is 1.82. The summed E-state index contributed by atoms with van der Waals surface area (Å²) < 4.78 is 0. The highest BCUT2D eigenvalue weighted by molar-refractivity contribution is 7.07. The van der Waals surface area contributed by atoms with Crippen LogP contribution in [-0.4, -0.2) is 30.9 Å². The van der Waals surface area contributed by atoms with Gasteiger partial charge in [0.05, 0.1) is 6.42 Å². The van der Waals surface area contributed by atoms with Crippen LogP contribution in [-0.2, 0) is 11.2 Å². The fourth-order valence-corrected chi connectivity index (χ4v) is 1.82. The molecular formula is C10H16N2OS. The summed E-state index contributed by atoms with van der Waals surface area (Å²) in [5, 5.41) is 4.00. The van der Waals surface area contributed by atoms with E-state index in [2.05, 4.69) is 0 Å². The molecule has 0 radical (unpaired) electrons. The number of hydrogen-bond acceptors (Lipinski definition) is 3. The van der Waals surface area contributed by atoms with Crippen molar-refractivity contribution in [1.29, 1.82) is 0 Å². The van der Waals surface area contributed by atoms with Gasteiger partial charge < -0.3 is 10.6 Å². The third kappa shape index (κ3) is 3.47. The Balaban J connectivity index is 2.34. The summed E-state index contributed by atoms with van der Waals surface area (Å²) in [4.78, 5) is 13.3. The first-order valence-corrected chi connectivity index (χ1v) is 5.63. The molecular weight excluding hydrogens is 196 g/mol. The van der Waals surface area contributed by atoms with Gasteiger partial charge in [-0.15, -0.1) is 0 Å². The van der Waals surface area contributed by atoms with Gasteiger partial charge in [0.1, 0.15) is 0 Å². The van der Waals surface area contributed by atoms with Crippen LogP contribution < -0.4 is 5.73 Å². The number of thiophene rings is 1. The van der Waals surface area contributed by atoms with Crippen LogP contribution in [0.15, 0.2) is 16.8 Å². The van der Waals surface area contributed by atoms with Gasteiger partial charge in [-0.05, 0) is 35.4 Å². The lowest BCUT2D eigenvalue weighted by molar-refractivity contribution is -0.129. The first kappa shape index (κ1) is 11.2. The Labute approximate surface area is 88.5 Å². The van der Waals surface area contributed by atoms with Crippen molar-refractivity contribution in [3.63, 3.8) is 0 Å². The maximum atomic E-state index is 11.6. The Morgan fingerprint density at radius 2 is 2.43 bits per heavy atom. The number of carbonyl (C=O) groups is 1. The number of carbonyl (C=O) groups excluding carboxylic acids is 1. The van der Waals surface area contributed by atoms with E-state index in [9.17, 15) is 4.79 Å². The molecule has 0 bridgehead atoms. The van der Waals surface area contributed by atoms with E-state index in [1.807, 2.05) is 23.9 Å². The van der Waals surface area contributed by atoms with Crippen LogP contribution in [0.2, 0.25) is 0 Å². The van der Waals surface area contributed by atoms with E-state index < -0.39 is 0 Å². The van der Waals surface area contributed by atoms with Crippen LogP contribution >= 0.6 is 11.3 Å². The van der Waals surface area contributed by atoms with E-state index in [0.29, 0.717) is 13.0 Å². The normalized spacial score (nSPS) is 10.1. The zero-order valence-corrected chi connectivity index (χ0v) is 9.22. The van der Waals surface area contributed by atoms with Crippen LogP contribution in [0.25, 0.3) is 0 Å². The van der Waals surface area contributed by atoms with E-state index in [0.717, 1.165) is 18.5 Å². The van der Waals surface area contributed by atoms with Gasteiger partial charge in [0.2, 0.25) is 5.91 Å². The summed E-state index contributed by atoms with van der Waals surface area (Å²) >= 11 is 1.62. The van der Waals surface area contributed by atoms with Gasteiger partial charge >= 0.3 is 0 Å². The Morgan fingerprint density at radius 1 is 1.64 bits per heavy atom. The molecule has 0 aliphatic carbocycles. The van der Waals surface area contributed by atoms with Crippen LogP contribution in [0.1, 0.15) is 12.0 Å². The average molecular weight is 212 g/mol. The minimum absolute atomic E-state index is 0.164. The zero-order chi connectivity index (χ0) is 10.4. The third-order valence-corrected chi connectivity index (χ3v) is 2.79. The molecule has 0 spiro atoms. The van der Waals surface area contributed by atoms with Gasteiger partial charge in [-0.1, -0.05) is 0 Å². The molecule has 0 saturated heterocycles. The largest absolute Gasteiger partial charge is 0.345 e. The van der Waals surface area contributed by atoms with Crippen molar-refractivity contribution in [2.24, 2.45) is 5.73 Å². The van der Waals surface area contributed by atoms with Gasteiger partial charge in [-0.3, -0.25) is 4.79 Å². The molecule has 78 valence electrons. The number of likely N-dealkylation sites (N-methyl/N-ethyl adjacent to an activating group) is 1. The van der Waals surface area contributed by atoms with Crippen LogP contribution in [0.3, 0.4) is 0 Å². The lowest BCUT2D eigenvalue weighted by Crippen LogP contribution is -2.30. The van der Waals surface area contributed by atoms with Crippen LogP contribution in [0.5, 0.6) is 0 Å². The molecule has 4 heteroatoms. The smallest absolute Gasteiger partial charge is 0.226 e. The Morgan fingerprint density at radius 3 is 3.00 bits per heavy atom. The highest BCUT2D eigenvalue weighted by Gasteiger charge is 2.08. The summed E-state index contributed by atoms with van der Waals surface area (Å²) in [5.41, 5.74) is 6.47. The molecule has 1 aromatic heterocycles. The first-order valence-electron chi connectivity index (χ1n) is 4.69. The predicted octanol–water partition coefficient (Wildman–Crippen LogP) is 1.10. The summed E-state index contributed by atoms with van der Waals surface area (Å²) in [6.07, 6.45) is 1.37. The molecule has 0 atom stereocenters. The van der Waals surface area contributed by atoms with E-state index in [1.165, 1.54) is 0 Å². The van der Waals surface area contributed by atoms with Gasteiger partial charge in [0, 0.05) is 13.6 Å². The Hall–Kier alpha value is -0.870. The molecule has 1 rings (SSSR count). The van der Waals surface area contributed by atoms with Crippen molar-refractivity contribution in [3.05, 3.63) is 22.4 Å². The number of rotatable bonds is 5. The highest BCUT2D eigenvalue weighted by Crippen LogP contribution is 2.07. The number of nitrogens with zero attached hydrogens (tertiary/aromatic N) is 1. The molecule has 0 unspecified atom stereocenters. The zero-order valence-electron chi connectivity index (χ0n) is 8.40. The summed E-state index contributed by atoms with van der Waals surface area (Å²) in [5.74, 6) is 0.164. The second-order valence-corrected chi connectivity index (χ2v) is 4.05. The Bertz CT molecular complexity index is 272. The Kier molecular flexibility index (Phi) is 4.62. The topological polar surface area (TPSA) is 46.3 Å². The predicted molar refractivity (Wildman–Crippen MR) is 59.3 cm³/mol. The molecule has 2 N–H and O–H groups in total. The molecule has 3 nitrogen and oxygen atoms in total. The van der Waals surface area contributed by atoms with Crippen molar-refractivity contribution < 1.29 is 4.79 Å². The monoisotopic (exact) mass is 212 g/mol. The molecule has 0 saturated carbocycles. The van der Waals surface area contributed by atoms with Crippen molar-refractivity contribution in [1.82, 2.24) is 4.90 Å². The number of amides is 1. The number of hydrogen-bond donors (Lipinski definition) is 1. The highest BCUT2D eigenvalue weighted by atomic mass is 32.1. The molecule has 1 aromatic rings. The van der Waals surface area contributed by atoms with Crippen LogP contribution in [0, 0.1) is 0 Å². The lowest BCUT2D eigenvalue weighted by atomic mass is 10.2. The molecule has 0 aromatic carbocycles. The summed E-state index contributed by atoms with van der Waals surface area (Å²) in [6, 6.07) is 1.99. The minimum Gasteiger partial charge on any atom is -0.345 e. The van der Waals surface area contributed by atoms with Crippen molar-refractivity contribution in [2.75, 3.05) is 20.1 Å². The number of nitrogens with two attached hydrogens (primary N) is 1. The van der Waals surface area contributed by atoms with E-state index in [1.54, 1.807) is 16.2 Å². The minimum atomic E-state index is 0.164. The molecule has 14 heavy (non-hydrogen) atoms. The van der Waals surface area contributed by atoms with Crippen molar-refractivity contribution >= 4 is 17.2 Å². The second-order valence-electron chi connectivity index (χ2n) is 3.27. The molecule has 0 aliphatic rings. The fraction of sp³-hybridized carbons (Fsp3) is 0.500. The van der Waals surface area contributed by atoms with Crippen molar-refractivity contribution in [3.8, 4) is 0 Å². The fourth-order valence-electron chi connectivity index (χ4n) is 1.16. The quantitative estimate of drug-likeness (QED) is 0.794. The summed E-state index contributed by atoms with van der Waals surface area (Å²) in [6.45, 7) is 1.38. The molecule has 0 aliphatic heterocycles. The lowest BCUT2D eigenvalue weighted by Gasteiger charge is -2.15. The first-order chi connectivity index (χ1) is 6.74. The maximum absolute atomic E-state index is 11.6. The molecule has 0 fully saturated rings. The maximum Gasteiger partial charge on any atom is 0.226 e. The van der Waals surface area contributed by atoms with Crippen molar-refractivity contribution in [2.45, 2.75) is 12.8 Å². The van der Waals surface area contributed by atoms with Gasteiger partial charge in [0.15, 0.2) is 0 Å². The van der Waals surface area contributed by atoms with Gasteiger partial charge in [-0.25, -0.2) is 0 Å². The average Bonchev–Trinajstić information content (AvgIpc) is 2.66. The molecule has 1 amide bonds.